The summed E-state index contributed by atoms with van der Waals surface area (Å²) in [6, 6.07) is 0. The highest BCUT2D eigenvalue weighted by Crippen LogP contribution is 2.36. The molecule has 2 fully saturated rings. The molecule has 0 aromatic heterocycles. The van der Waals surface area contributed by atoms with E-state index in [0.29, 0.717) is 24.0 Å². The Bertz CT molecular complexity index is 322. The van der Waals surface area contributed by atoms with Crippen LogP contribution in [0.4, 0.5) is 0 Å². The minimum atomic E-state index is 0.453. The van der Waals surface area contributed by atoms with Crippen LogP contribution in [0.5, 0.6) is 0 Å². The van der Waals surface area contributed by atoms with E-state index in [1.54, 1.807) is 0 Å². The van der Waals surface area contributed by atoms with E-state index in [9.17, 15) is 0 Å². The highest BCUT2D eigenvalue weighted by Gasteiger charge is 2.35. The van der Waals surface area contributed by atoms with Gasteiger partial charge >= 0.3 is 0 Å². The molecule has 2 rings (SSSR count). The van der Waals surface area contributed by atoms with Gasteiger partial charge in [0.2, 0.25) is 0 Å². The van der Waals surface area contributed by atoms with Gasteiger partial charge in [-0.2, -0.15) is 0 Å². The number of hydrogen-bond donors (Lipinski definition) is 0. The standard InChI is InChI=1S/C22H42O2/c1-5-7-8-19-9-11-20(12-10-19)16-24-22-14-13-21(23-15-6-2)17(3)18(22)4/h17-22H,5-16H2,1-4H3. The number of unbranched alkanes of at least 4 members (excludes halogenated alkanes) is 1. The Morgan fingerprint density at radius 3 is 1.88 bits per heavy atom. The van der Waals surface area contributed by atoms with Crippen molar-refractivity contribution < 1.29 is 9.47 Å². The van der Waals surface area contributed by atoms with Crippen LogP contribution in [0.2, 0.25) is 0 Å². The van der Waals surface area contributed by atoms with Gasteiger partial charge in [0.1, 0.15) is 0 Å². The van der Waals surface area contributed by atoms with Crippen LogP contribution in [0.3, 0.4) is 0 Å². The summed E-state index contributed by atoms with van der Waals surface area (Å²) >= 11 is 0. The van der Waals surface area contributed by atoms with E-state index >= 15 is 0 Å². The van der Waals surface area contributed by atoms with E-state index < -0.39 is 0 Å². The monoisotopic (exact) mass is 338 g/mol. The lowest BCUT2D eigenvalue weighted by atomic mass is 9.77. The predicted molar refractivity (Wildman–Crippen MR) is 102 cm³/mol. The molecule has 24 heavy (non-hydrogen) atoms. The van der Waals surface area contributed by atoms with Gasteiger partial charge in [-0.3, -0.25) is 0 Å². The van der Waals surface area contributed by atoms with Gasteiger partial charge in [0.05, 0.1) is 12.2 Å². The van der Waals surface area contributed by atoms with Crippen molar-refractivity contribution in [3.05, 3.63) is 0 Å². The first-order valence-electron chi connectivity index (χ1n) is 10.9. The first-order valence-corrected chi connectivity index (χ1v) is 10.9. The maximum absolute atomic E-state index is 6.42. The molecule has 0 aromatic carbocycles. The first-order chi connectivity index (χ1) is 11.7. The SMILES string of the molecule is CCCCC1CCC(COC2CCC(OCCC)C(C)C2C)CC1. The van der Waals surface area contributed by atoms with E-state index in [-0.39, 0.29) is 0 Å². The summed E-state index contributed by atoms with van der Waals surface area (Å²) in [6.45, 7) is 11.2. The lowest BCUT2D eigenvalue weighted by Crippen LogP contribution is -2.41. The largest absolute Gasteiger partial charge is 0.378 e. The van der Waals surface area contributed by atoms with E-state index in [1.165, 1.54) is 57.8 Å². The van der Waals surface area contributed by atoms with Gasteiger partial charge in [-0.15, -0.1) is 0 Å². The lowest BCUT2D eigenvalue weighted by molar-refractivity contribution is -0.0988. The van der Waals surface area contributed by atoms with Crippen molar-refractivity contribution in [1.29, 1.82) is 0 Å². The smallest absolute Gasteiger partial charge is 0.0605 e. The van der Waals surface area contributed by atoms with Crippen molar-refractivity contribution in [2.45, 2.75) is 104 Å². The molecule has 142 valence electrons. The summed E-state index contributed by atoms with van der Waals surface area (Å²) in [7, 11) is 0. The van der Waals surface area contributed by atoms with Gasteiger partial charge in [0, 0.05) is 13.2 Å². The maximum atomic E-state index is 6.42. The number of ether oxygens (including phenoxy) is 2. The van der Waals surface area contributed by atoms with Crippen LogP contribution in [0.25, 0.3) is 0 Å². The van der Waals surface area contributed by atoms with Crippen LogP contribution in [-0.4, -0.2) is 25.4 Å². The van der Waals surface area contributed by atoms with Gasteiger partial charge in [-0.25, -0.2) is 0 Å². The second kappa shape index (κ2) is 10.8. The van der Waals surface area contributed by atoms with E-state index in [4.69, 9.17) is 9.47 Å². The molecule has 0 saturated heterocycles. The Morgan fingerprint density at radius 1 is 0.708 bits per heavy atom. The molecule has 2 heteroatoms. The molecule has 0 heterocycles. The van der Waals surface area contributed by atoms with Crippen LogP contribution >= 0.6 is 0 Å². The summed E-state index contributed by atoms with van der Waals surface area (Å²) in [5.41, 5.74) is 0. The van der Waals surface area contributed by atoms with Gasteiger partial charge in [-0.05, 0) is 55.8 Å². The Labute approximate surface area is 151 Å². The second-order valence-corrected chi connectivity index (χ2v) is 8.61. The molecule has 0 aromatic rings. The molecule has 0 amide bonds. The highest BCUT2D eigenvalue weighted by atomic mass is 16.5. The predicted octanol–water partition coefficient (Wildman–Crippen LogP) is 6.23. The molecular formula is C22H42O2. The molecule has 0 spiro atoms. The minimum absolute atomic E-state index is 0.453. The molecule has 4 unspecified atom stereocenters. The van der Waals surface area contributed by atoms with Gasteiger partial charge in [0.25, 0.3) is 0 Å². The first kappa shape index (κ1) is 20.2. The Morgan fingerprint density at radius 2 is 1.29 bits per heavy atom. The highest BCUT2D eigenvalue weighted by molar-refractivity contribution is 4.85. The van der Waals surface area contributed by atoms with E-state index in [1.807, 2.05) is 0 Å². The van der Waals surface area contributed by atoms with Gasteiger partial charge in [-0.1, -0.05) is 59.8 Å². The van der Waals surface area contributed by atoms with E-state index in [2.05, 4.69) is 27.7 Å². The van der Waals surface area contributed by atoms with E-state index in [0.717, 1.165) is 31.5 Å². The molecule has 0 bridgehead atoms. The van der Waals surface area contributed by atoms with Crippen molar-refractivity contribution in [3.8, 4) is 0 Å². The minimum Gasteiger partial charge on any atom is -0.378 e. The normalized spacial score (nSPS) is 37.5. The fourth-order valence-electron chi connectivity index (χ4n) is 4.71. The van der Waals surface area contributed by atoms with Crippen molar-refractivity contribution >= 4 is 0 Å². The molecule has 2 aliphatic carbocycles. The molecule has 0 radical (unpaired) electrons. The third-order valence-electron chi connectivity index (χ3n) is 6.75. The van der Waals surface area contributed by atoms with Crippen LogP contribution < -0.4 is 0 Å². The number of hydrogen-bond acceptors (Lipinski definition) is 2. The van der Waals surface area contributed by atoms with Crippen molar-refractivity contribution in [2.24, 2.45) is 23.7 Å². The Balaban J connectivity index is 1.66. The quantitative estimate of drug-likeness (QED) is 0.496. The van der Waals surface area contributed by atoms with Crippen molar-refractivity contribution in [2.75, 3.05) is 13.2 Å². The fraction of sp³-hybridized carbons (Fsp3) is 1.00. The molecule has 2 aliphatic rings. The zero-order chi connectivity index (χ0) is 17.4. The zero-order valence-electron chi connectivity index (χ0n) is 16.8. The fourth-order valence-corrected chi connectivity index (χ4v) is 4.71. The van der Waals surface area contributed by atoms with Crippen LogP contribution in [-0.2, 0) is 9.47 Å². The molecule has 0 aliphatic heterocycles. The Kier molecular flexibility index (Phi) is 9.11. The zero-order valence-corrected chi connectivity index (χ0v) is 16.8. The van der Waals surface area contributed by atoms with Crippen molar-refractivity contribution in [1.82, 2.24) is 0 Å². The van der Waals surface area contributed by atoms with Crippen LogP contribution in [0.1, 0.15) is 91.9 Å². The summed E-state index contributed by atoms with van der Waals surface area (Å²) in [6.07, 6.45) is 14.3. The molecule has 2 nitrogen and oxygen atoms in total. The molecule has 0 N–H and O–H groups in total. The topological polar surface area (TPSA) is 18.5 Å². The number of rotatable bonds is 9. The lowest BCUT2D eigenvalue weighted by Gasteiger charge is -2.40. The summed E-state index contributed by atoms with van der Waals surface area (Å²) in [4.78, 5) is 0. The molecular weight excluding hydrogens is 296 g/mol. The summed E-state index contributed by atoms with van der Waals surface area (Å²) in [5, 5.41) is 0. The third-order valence-corrected chi connectivity index (χ3v) is 6.75. The second-order valence-electron chi connectivity index (χ2n) is 8.61. The molecule has 2 saturated carbocycles. The maximum Gasteiger partial charge on any atom is 0.0605 e. The summed E-state index contributed by atoms with van der Waals surface area (Å²) < 4.78 is 12.5. The van der Waals surface area contributed by atoms with Crippen molar-refractivity contribution in [3.63, 3.8) is 0 Å². The van der Waals surface area contributed by atoms with Gasteiger partial charge < -0.3 is 9.47 Å². The van der Waals surface area contributed by atoms with Crippen LogP contribution in [0.15, 0.2) is 0 Å². The molecule has 4 atom stereocenters. The average Bonchev–Trinajstić information content (AvgIpc) is 2.61. The Hall–Kier alpha value is -0.0800. The van der Waals surface area contributed by atoms with Gasteiger partial charge in [0.15, 0.2) is 0 Å². The van der Waals surface area contributed by atoms with Crippen LogP contribution in [0, 0.1) is 23.7 Å². The third kappa shape index (κ3) is 6.02. The summed E-state index contributed by atoms with van der Waals surface area (Å²) in [5.74, 6) is 3.08. The average molecular weight is 339 g/mol.